The number of ketones is 1. The Kier molecular flexibility index (Phi) is 5.16. The predicted molar refractivity (Wildman–Crippen MR) is 96.8 cm³/mol. The Morgan fingerprint density at radius 2 is 1.73 bits per heavy atom. The van der Waals surface area contributed by atoms with Gasteiger partial charge >= 0.3 is 0 Å². The quantitative estimate of drug-likeness (QED) is 0.501. The number of likely N-dealkylation sites (tertiary alicyclic amines) is 1. The van der Waals surface area contributed by atoms with Crippen molar-refractivity contribution in [2.45, 2.75) is 25.8 Å². The Bertz CT molecular complexity index is 861. The molecule has 1 saturated heterocycles. The van der Waals surface area contributed by atoms with E-state index in [-0.39, 0.29) is 16.9 Å². The van der Waals surface area contributed by atoms with Gasteiger partial charge in [-0.15, -0.1) is 0 Å². The number of carbonyl (C=O) groups is 2. The fraction of sp³-hybridized carbons (Fsp3) is 0.238. The second kappa shape index (κ2) is 7.52. The number of amides is 1. The van der Waals surface area contributed by atoms with Gasteiger partial charge in [0.15, 0.2) is 0 Å². The number of Topliss-reactive ketones (excluding diaryl/α,β-unsaturated/α-hetero) is 1. The summed E-state index contributed by atoms with van der Waals surface area (Å²) in [5.74, 6) is -2.28. The minimum atomic E-state index is -0.928. The Labute approximate surface area is 151 Å². The zero-order valence-electron chi connectivity index (χ0n) is 14.5. The summed E-state index contributed by atoms with van der Waals surface area (Å²) in [6, 6.07) is 13.6. The van der Waals surface area contributed by atoms with E-state index < -0.39 is 23.5 Å². The number of benzene rings is 2. The van der Waals surface area contributed by atoms with Gasteiger partial charge in [0.2, 0.25) is 0 Å². The molecule has 0 bridgehead atoms. The zero-order chi connectivity index (χ0) is 18.7. The van der Waals surface area contributed by atoms with Gasteiger partial charge in [0.05, 0.1) is 11.6 Å². The van der Waals surface area contributed by atoms with E-state index >= 15 is 0 Å². The molecule has 0 aliphatic carbocycles. The van der Waals surface area contributed by atoms with Crippen LogP contribution < -0.4 is 0 Å². The minimum Gasteiger partial charge on any atom is -0.507 e. The Hall–Kier alpha value is -2.95. The molecule has 2 aromatic rings. The van der Waals surface area contributed by atoms with Crippen LogP contribution in [-0.2, 0) is 9.59 Å². The number of aliphatic hydroxyl groups is 1. The average molecular weight is 353 g/mol. The molecule has 0 aromatic heterocycles. The summed E-state index contributed by atoms with van der Waals surface area (Å²) < 4.78 is 14.5. The molecule has 0 saturated carbocycles. The van der Waals surface area contributed by atoms with E-state index in [1.54, 1.807) is 48.5 Å². The van der Waals surface area contributed by atoms with Crippen molar-refractivity contribution in [3.05, 3.63) is 77.1 Å². The number of unbranched alkanes of at least 4 members (excludes halogenated alkanes) is 1. The number of rotatable bonds is 5. The van der Waals surface area contributed by atoms with Crippen LogP contribution in [0, 0.1) is 5.82 Å². The van der Waals surface area contributed by atoms with Crippen LogP contribution in [-0.4, -0.2) is 28.2 Å². The molecule has 0 radical (unpaired) electrons. The summed E-state index contributed by atoms with van der Waals surface area (Å²) in [6.07, 6.45) is 1.51. The Morgan fingerprint density at radius 3 is 2.38 bits per heavy atom. The molecule has 26 heavy (non-hydrogen) atoms. The van der Waals surface area contributed by atoms with Gasteiger partial charge in [-0.1, -0.05) is 61.9 Å². The van der Waals surface area contributed by atoms with Gasteiger partial charge in [0.25, 0.3) is 11.7 Å². The van der Waals surface area contributed by atoms with Crippen LogP contribution in [0.25, 0.3) is 5.76 Å². The van der Waals surface area contributed by atoms with E-state index in [9.17, 15) is 19.1 Å². The van der Waals surface area contributed by atoms with Crippen molar-refractivity contribution in [2.24, 2.45) is 0 Å². The van der Waals surface area contributed by atoms with E-state index in [0.717, 1.165) is 6.42 Å². The second-order valence-electron chi connectivity index (χ2n) is 6.23. The van der Waals surface area contributed by atoms with Crippen LogP contribution in [0.3, 0.4) is 0 Å². The van der Waals surface area contributed by atoms with E-state index in [4.69, 9.17) is 0 Å². The topological polar surface area (TPSA) is 57.6 Å². The molecule has 2 aromatic carbocycles. The molecule has 1 N–H and O–H groups in total. The fourth-order valence-corrected chi connectivity index (χ4v) is 3.21. The van der Waals surface area contributed by atoms with E-state index in [2.05, 4.69) is 0 Å². The lowest BCUT2D eigenvalue weighted by atomic mass is 9.95. The number of carbonyl (C=O) groups excluding carboxylic acids is 2. The number of hydrogen-bond acceptors (Lipinski definition) is 3. The summed E-state index contributed by atoms with van der Waals surface area (Å²) in [5.41, 5.74) is 0.560. The highest BCUT2D eigenvalue weighted by molar-refractivity contribution is 6.46. The normalized spacial score (nSPS) is 19.2. The summed E-state index contributed by atoms with van der Waals surface area (Å²) in [4.78, 5) is 26.6. The molecule has 134 valence electrons. The fourth-order valence-electron chi connectivity index (χ4n) is 3.21. The van der Waals surface area contributed by atoms with Crippen LogP contribution >= 0.6 is 0 Å². The molecule has 0 spiro atoms. The third-order valence-electron chi connectivity index (χ3n) is 4.54. The molecule has 5 heteroatoms. The maximum absolute atomic E-state index is 14.5. The lowest BCUT2D eigenvalue weighted by Crippen LogP contribution is -2.31. The molecule has 1 atom stereocenters. The molecule has 1 fully saturated rings. The average Bonchev–Trinajstić information content (AvgIpc) is 2.91. The first-order valence-electron chi connectivity index (χ1n) is 8.64. The molecule has 3 rings (SSSR count). The monoisotopic (exact) mass is 353 g/mol. The third-order valence-corrected chi connectivity index (χ3v) is 4.54. The van der Waals surface area contributed by atoms with Crippen LogP contribution in [0.2, 0.25) is 0 Å². The second-order valence-corrected chi connectivity index (χ2v) is 6.23. The maximum Gasteiger partial charge on any atom is 0.295 e. The SMILES string of the molecule is CCCCN1C(=O)C(=O)/C(=C(/O)c2ccccc2)C1c1ccccc1F. The molecule has 1 heterocycles. The van der Waals surface area contributed by atoms with Gasteiger partial charge in [-0.3, -0.25) is 9.59 Å². The smallest absolute Gasteiger partial charge is 0.295 e. The lowest BCUT2D eigenvalue weighted by molar-refractivity contribution is -0.139. The molecule has 1 unspecified atom stereocenters. The van der Waals surface area contributed by atoms with Gasteiger partial charge in [0, 0.05) is 17.7 Å². The van der Waals surface area contributed by atoms with E-state index in [1.807, 2.05) is 6.92 Å². The Morgan fingerprint density at radius 1 is 1.08 bits per heavy atom. The molecule has 1 amide bonds. The van der Waals surface area contributed by atoms with Gasteiger partial charge < -0.3 is 10.0 Å². The van der Waals surface area contributed by atoms with Gasteiger partial charge in [-0.2, -0.15) is 0 Å². The lowest BCUT2D eigenvalue weighted by Gasteiger charge is -2.25. The highest BCUT2D eigenvalue weighted by atomic mass is 19.1. The van der Waals surface area contributed by atoms with Gasteiger partial charge in [-0.05, 0) is 12.5 Å². The molecular weight excluding hydrogens is 333 g/mol. The van der Waals surface area contributed by atoms with Crippen molar-refractivity contribution < 1.29 is 19.1 Å². The summed E-state index contributed by atoms with van der Waals surface area (Å²) in [7, 11) is 0. The van der Waals surface area contributed by atoms with Crippen LogP contribution in [0.1, 0.15) is 36.9 Å². The minimum absolute atomic E-state index is 0.0672. The summed E-state index contributed by atoms with van der Waals surface area (Å²) >= 11 is 0. The maximum atomic E-state index is 14.5. The van der Waals surface area contributed by atoms with Crippen molar-refractivity contribution in [1.82, 2.24) is 4.90 Å². The highest BCUT2D eigenvalue weighted by Crippen LogP contribution is 2.40. The summed E-state index contributed by atoms with van der Waals surface area (Å²) in [5, 5.41) is 10.7. The number of halogens is 1. The van der Waals surface area contributed by atoms with Crippen molar-refractivity contribution in [3.8, 4) is 0 Å². The predicted octanol–water partition coefficient (Wildman–Crippen LogP) is 4.05. The van der Waals surface area contributed by atoms with E-state index in [1.165, 1.54) is 11.0 Å². The number of aliphatic hydroxyl groups excluding tert-OH is 1. The first-order chi connectivity index (χ1) is 12.6. The first-order valence-corrected chi connectivity index (χ1v) is 8.64. The summed E-state index contributed by atoms with van der Waals surface area (Å²) in [6.45, 7) is 2.30. The van der Waals surface area contributed by atoms with Crippen molar-refractivity contribution in [1.29, 1.82) is 0 Å². The Balaban J connectivity index is 2.19. The van der Waals surface area contributed by atoms with Crippen molar-refractivity contribution in [3.63, 3.8) is 0 Å². The molecular formula is C21H20FNO3. The standard InChI is InChI=1S/C21H20FNO3/c1-2-3-13-23-18(15-11-7-8-12-16(15)22)17(20(25)21(23)26)19(24)14-9-5-4-6-10-14/h4-12,18,24H,2-3,13H2,1H3/b19-17+. The van der Waals surface area contributed by atoms with Gasteiger partial charge in [0.1, 0.15) is 11.6 Å². The molecule has 1 aliphatic heterocycles. The highest BCUT2D eigenvalue weighted by Gasteiger charge is 2.46. The van der Waals surface area contributed by atoms with E-state index in [0.29, 0.717) is 18.5 Å². The molecule has 4 nitrogen and oxygen atoms in total. The van der Waals surface area contributed by atoms with Gasteiger partial charge in [-0.25, -0.2) is 4.39 Å². The number of hydrogen-bond donors (Lipinski definition) is 1. The first kappa shape index (κ1) is 17.9. The van der Waals surface area contributed by atoms with Crippen LogP contribution in [0.15, 0.2) is 60.2 Å². The number of nitrogens with zero attached hydrogens (tertiary/aromatic N) is 1. The van der Waals surface area contributed by atoms with Crippen LogP contribution in [0.4, 0.5) is 4.39 Å². The molecule has 1 aliphatic rings. The largest absolute Gasteiger partial charge is 0.507 e. The van der Waals surface area contributed by atoms with Crippen molar-refractivity contribution in [2.75, 3.05) is 6.54 Å². The van der Waals surface area contributed by atoms with Crippen molar-refractivity contribution >= 4 is 17.4 Å². The zero-order valence-corrected chi connectivity index (χ0v) is 14.5. The third kappa shape index (κ3) is 3.12. The van der Waals surface area contributed by atoms with Crippen LogP contribution in [0.5, 0.6) is 0 Å².